The van der Waals surface area contributed by atoms with Crippen molar-refractivity contribution in [3.8, 4) is 5.75 Å². The van der Waals surface area contributed by atoms with Gasteiger partial charge in [-0.3, -0.25) is 0 Å². The highest BCUT2D eigenvalue weighted by molar-refractivity contribution is 5.42. The molecule has 17 heavy (non-hydrogen) atoms. The summed E-state index contributed by atoms with van der Waals surface area (Å²) in [5.74, 6) is -0.118. The van der Waals surface area contributed by atoms with Crippen molar-refractivity contribution in [1.29, 1.82) is 0 Å². The number of rotatable bonds is 4. The zero-order valence-corrected chi connectivity index (χ0v) is 9.47. The number of nitrogens with one attached hydrogen (secondary N) is 1. The van der Waals surface area contributed by atoms with E-state index in [0.29, 0.717) is 6.04 Å². The van der Waals surface area contributed by atoms with Crippen molar-refractivity contribution in [2.75, 3.05) is 7.11 Å². The van der Waals surface area contributed by atoms with Gasteiger partial charge in [-0.1, -0.05) is 12.1 Å². The quantitative estimate of drug-likeness (QED) is 0.880. The summed E-state index contributed by atoms with van der Waals surface area (Å²) in [6.45, 7) is 0.233. The molecule has 0 atom stereocenters. The summed E-state index contributed by atoms with van der Waals surface area (Å²) >= 11 is 0. The van der Waals surface area contributed by atoms with Crippen molar-refractivity contribution >= 4 is 0 Å². The van der Waals surface area contributed by atoms with Crippen molar-refractivity contribution in [1.82, 2.24) is 5.32 Å². The van der Waals surface area contributed by atoms with Crippen LogP contribution >= 0.6 is 0 Å². The van der Waals surface area contributed by atoms with Gasteiger partial charge < -0.3 is 10.1 Å². The average molecular weight is 245 g/mol. The van der Waals surface area contributed by atoms with Crippen LogP contribution in [0.2, 0.25) is 0 Å². The first kappa shape index (κ1) is 12.2. The van der Waals surface area contributed by atoms with Crippen LogP contribution in [0.25, 0.3) is 0 Å². The van der Waals surface area contributed by atoms with Crippen LogP contribution in [0.5, 0.6) is 5.75 Å². The van der Waals surface area contributed by atoms with Crippen LogP contribution in [0.1, 0.15) is 24.0 Å². The van der Waals surface area contributed by atoms with E-state index >= 15 is 0 Å². The minimum absolute atomic E-state index is 0.118. The van der Waals surface area contributed by atoms with E-state index in [0.717, 1.165) is 12.8 Å². The summed E-state index contributed by atoms with van der Waals surface area (Å²) in [7, 11) is 1.25. The lowest BCUT2D eigenvalue weighted by molar-refractivity contribution is -0.139. The highest BCUT2D eigenvalue weighted by Crippen LogP contribution is 2.38. The lowest BCUT2D eigenvalue weighted by Gasteiger charge is -2.16. The molecule has 0 aliphatic heterocycles. The van der Waals surface area contributed by atoms with E-state index in [4.69, 9.17) is 4.74 Å². The van der Waals surface area contributed by atoms with Gasteiger partial charge >= 0.3 is 6.18 Å². The van der Waals surface area contributed by atoms with E-state index in [1.807, 2.05) is 0 Å². The Hall–Kier alpha value is -1.23. The fraction of sp³-hybridized carbons (Fsp3) is 0.500. The summed E-state index contributed by atoms with van der Waals surface area (Å²) < 4.78 is 43.6. The predicted octanol–water partition coefficient (Wildman–Crippen LogP) is 2.97. The highest BCUT2D eigenvalue weighted by Gasteiger charge is 2.37. The van der Waals surface area contributed by atoms with Crippen LogP contribution < -0.4 is 10.1 Å². The minimum atomic E-state index is -4.38. The lowest BCUT2D eigenvalue weighted by Crippen LogP contribution is -2.19. The Balaban J connectivity index is 2.28. The third-order valence-corrected chi connectivity index (χ3v) is 2.77. The molecule has 0 unspecified atom stereocenters. The standard InChI is InChI=1S/C12H14F3NO/c1-17-10-4-2-3-8(7-16-9-5-6-9)11(10)12(13,14)15/h2-4,9,16H,5-7H2,1H3. The summed E-state index contributed by atoms with van der Waals surface area (Å²) in [4.78, 5) is 0. The molecule has 1 aromatic carbocycles. The molecule has 1 aliphatic carbocycles. The molecule has 94 valence electrons. The van der Waals surface area contributed by atoms with Crippen LogP contribution in [-0.2, 0) is 12.7 Å². The molecule has 1 aliphatic rings. The fourth-order valence-electron chi connectivity index (χ4n) is 1.76. The van der Waals surface area contributed by atoms with Gasteiger partial charge in [0.25, 0.3) is 0 Å². The van der Waals surface area contributed by atoms with E-state index in [2.05, 4.69) is 5.32 Å². The Bertz CT molecular complexity index is 399. The lowest BCUT2D eigenvalue weighted by atomic mass is 10.1. The Kier molecular flexibility index (Phi) is 3.28. The molecule has 0 heterocycles. The van der Waals surface area contributed by atoms with Crippen LogP contribution in [0, 0.1) is 0 Å². The summed E-state index contributed by atoms with van der Waals surface area (Å²) in [5.41, 5.74) is -0.431. The van der Waals surface area contributed by atoms with E-state index in [9.17, 15) is 13.2 Å². The van der Waals surface area contributed by atoms with Crippen molar-refractivity contribution < 1.29 is 17.9 Å². The highest BCUT2D eigenvalue weighted by atomic mass is 19.4. The molecule has 0 aromatic heterocycles. The smallest absolute Gasteiger partial charge is 0.420 e. The molecule has 2 rings (SSSR count). The van der Waals surface area contributed by atoms with Crippen molar-refractivity contribution in [2.45, 2.75) is 31.6 Å². The van der Waals surface area contributed by atoms with Crippen LogP contribution in [-0.4, -0.2) is 13.2 Å². The Labute approximate surface area is 97.8 Å². The number of hydrogen-bond donors (Lipinski definition) is 1. The largest absolute Gasteiger partial charge is 0.496 e. The second kappa shape index (κ2) is 4.56. The number of halogens is 3. The first-order valence-corrected chi connectivity index (χ1v) is 5.49. The van der Waals surface area contributed by atoms with Gasteiger partial charge in [0.1, 0.15) is 11.3 Å². The zero-order chi connectivity index (χ0) is 12.5. The number of alkyl halides is 3. The molecule has 1 saturated carbocycles. The average Bonchev–Trinajstić information content (AvgIpc) is 3.08. The van der Waals surface area contributed by atoms with Gasteiger partial charge in [0.2, 0.25) is 0 Å². The number of hydrogen-bond acceptors (Lipinski definition) is 2. The third kappa shape index (κ3) is 2.91. The van der Waals surface area contributed by atoms with Gasteiger partial charge in [-0.15, -0.1) is 0 Å². The monoisotopic (exact) mass is 245 g/mol. The maximum absolute atomic E-state index is 12.9. The first-order chi connectivity index (χ1) is 8.02. The summed E-state index contributed by atoms with van der Waals surface area (Å²) in [5, 5.41) is 3.08. The molecule has 0 bridgehead atoms. The normalized spacial score (nSPS) is 16.0. The van der Waals surface area contributed by atoms with E-state index in [1.54, 1.807) is 6.07 Å². The van der Waals surface area contributed by atoms with Crippen molar-refractivity contribution in [3.05, 3.63) is 29.3 Å². The van der Waals surface area contributed by atoms with Gasteiger partial charge in [-0.2, -0.15) is 13.2 Å². The molecule has 1 N–H and O–H groups in total. The zero-order valence-electron chi connectivity index (χ0n) is 9.47. The third-order valence-electron chi connectivity index (χ3n) is 2.77. The number of benzene rings is 1. The van der Waals surface area contributed by atoms with E-state index in [1.165, 1.54) is 19.2 Å². The van der Waals surface area contributed by atoms with Gasteiger partial charge in [-0.25, -0.2) is 0 Å². The molecule has 0 spiro atoms. The molecule has 0 radical (unpaired) electrons. The minimum Gasteiger partial charge on any atom is -0.496 e. The summed E-state index contributed by atoms with van der Waals surface area (Å²) in [6, 6.07) is 4.78. The van der Waals surface area contributed by atoms with Crippen LogP contribution in [0.3, 0.4) is 0 Å². The Morgan fingerprint density at radius 3 is 2.59 bits per heavy atom. The maximum Gasteiger partial charge on any atom is 0.420 e. The topological polar surface area (TPSA) is 21.3 Å². The fourth-order valence-corrected chi connectivity index (χ4v) is 1.76. The molecular formula is C12H14F3NO. The second-order valence-corrected chi connectivity index (χ2v) is 4.15. The predicted molar refractivity (Wildman–Crippen MR) is 57.9 cm³/mol. The van der Waals surface area contributed by atoms with Gasteiger partial charge in [0, 0.05) is 12.6 Å². The van der Waals surface area contributed by atoms with E-state index < -0.39 is 11.7 Å². The van der Waals surface area contributed by atoms with Gasteiger partial charge in [-0.05, 0) is 24.5 Å². The Morgan fingerprint density at radius 1 is 1.35 bits per heavy atom. The summed E-state index contributed by atoms with van der Waals surface area (Å²) in [6.07, 6.45) is -2.29. The molecule has 5 heteroatoms. The molecule has 0 saturated heterocycles. The van der Waals surface area contributed by atoms with Gasteiger partial charge in [0.15, 0.2) is 0 Å². The maximum atomic E-state index is 12.9. The second-order valence-electron chi connectivity index (χ2n) is 4.15. The molecule has 2 nitrogen and oxygen atoms in total. The molecular weight excluding hydrogens is 231 g/mol. The molecule has 1 aromatic rings. The Morgan fingerprint density at radius 2 is 2.06 bits per heavy atom. The number of ether oxygens (including phenoxy) is 1. The molecule has 0 amide bonds. The van der Waals surface area contributed by atoms with Crippen molar-refractivity contribution in [2.24, 2.45) is 0 Å². The number of methoxy groups -OCH3 is 1. The van der Waals surface area contributed by atoms with Crippen LogP contribution in [0.4, 0.5) is 13.2 Å². The first-order valence-electron chi connectivity index (χ1n) is 5.49. The van der Waals surface area contributed by atoms with E-state index in [-0.39, 0.29) is 17.9 Å². The van der Waals surface area contributed by atoms with Crippen LogP contribution in [0.15, 0.2) is 18.2 Å². The van der Waals surface area contributed by atoms with Crippen molar-refractivity contribution in [3.63, 3.8) is 0 Å². The molecule has 1 fully saturated rings. The SMILES string of the molecule is COc1cccc(CNC2CC2)c1C(F)(F)F. The van der Waals surface area contributed by atoms with Gasteiger partial charge in [0.05, 0.1) is 7.11 Å².